The van der Waals surface area contributed by atoms with Gasteiger partial charge in [0.1, 0.15) is 6.07 Å². The highest BCUT2D eigenvalue weighted by atomic mass is 19.4. The average molecular weight is 397 g/mol. The van der Waals surface area contributed by atoms with E-state index in [1.807, 2.05) is 0 Å². The number of amides is 1. The van der Waals surface area contributed by atoms with E-state index >= 15 is 0 Å². The first-order chi connectivity index (χ1) is 13.2. The molecule has 0 atom stereocenters. The predicted octanol–water partition coefficient (Wildman–Crippen LogP) is 3.87. The van der Waals surface area contributed by atoms with Gasteiger partial charge in [-0.3, -0.25) is 5.32 Å². The summed E-state index contributed by atoms with van der Waals surface area (Å²) in [6.45, 7) is 1.57. The number of nitriles is 1. The quantitative estimate of drug-likeness (QED) is 0.521. The van der Waals surface area contributed by atoms with Crippen LogP contribution in [0.15, 0.2) is 24.3 Å². The number of aromatic nitrogens is 1. The Balaban J connectivity index is 2.16. The maximum absolute atomic E-state index is 14.4. The van der Waals surface area contributed by atoms with Gasteiger partial charge in [0.2, 0.25) is 0 Å². The molecular weight excluding hydrogens is 382 g/mol. The second kappa shape index (κ2) is 8.43. The van der Waals surface area contributed by atoms with Crippen molar-refractivity contribution >= 4 is 23.2 Å². The van der Waals surface area contributed by atoms with Crippen LogP contribution in [-0.4, -0.2) is 17.7 Å². The number of hydrogen-bond donors (Lipinski definition) is 3. The lowest BCUT2D eigenvalue weighted by molar-refractivity contribution is -0.138. The number of nitrogen functional groups attached to an aromatic ring is 1. The number of nitrogens with two attached hydrogens (primary N) is 1. The van der Waals surface area contributed by atoms with Crippen LogP contribution in [0.1, 0.15) is 23.9 Å². The van der Waals surface area contributed by atoms with Gasteiger partial charge in [-0.05, 0) is 31.2 Å². The monoisotopic (exact) mass is 397 g/mol. The third-order valence-electron chi connectivity index (χ3n) is 3.52. The van der Waals surface area contributed by atoms with Crippen LogP contribution in [0, 0.1) is 17.1 Å². The number of pyridine rings is 1. The number of nitrogens with one attached hydrogen (secondary N) is 2. The summed E-state index contributed by atoms with van der Waals surface area (Å²) < 4.78 is 57.4. The molecule has 28 heavy (non-hydrogen) atoms. The summed E-state index contributed by atoms with van der Waals surface area (Å²) in [7, 11) is 0. The van der Waals surface area contributed by atoms with E-state index in [-0.39, 0.29) is 35.9 Å². The molecule has 0 fully saturated rings. The lowest BCUT2D eigenvalue weighted by atomic mass is 10.1. The molecule has 148 valence electrons. The first-order valence-electron chi connectivity index (χ1n) is 7.90. The largest absolute Gasteiger partial charge is 0.450 e. The van der Waals surface area contributed by atoms with Crippen LogP contribution < -0.4 is 16.4 Å². The van der Waals surface area contributed by atoms with E-state index in [1.165, 1.54) is 18.2 Å². The number of nitrogens with zero attached hydrogens (tertiary/aromatic N) is 2. The van der Waals surface area contributed by atoms with E-state index in [2.05, 4.69) is 20.4 Å². The van der Waals surface area contributed by atoms with E-state index in [9.17, 15) is 22.4 Å². The molecule has 0 unspecified atom stereocenters. The van der Waals surface area contributed by atoms with Gasteiger partial charge in [0, 0.05) is 0 Å². The van der Waals surface area contributed by atoms with Gasteiger partial charge in [-0.15, -0.1) is 0 Å². The van der Waals surface area contributed by atoms with E-state index in [0.29, 0.717) is 0 Å². The second-order valence-electron chi connectivity index (χ2n) is 5.40. The minimum Gasteiger partial charge on any atom is -0.450 e. The van der Waals surface area contributed by atoms with E-state index in [0.717, 1.165) is 12.1 Å². The summed E-state index contributed by atoms with van der Waals surface area (Å²) in [6, 6.07) is 5.82. The minimum absolute atomic E-state index is 0.000854. The Labute approximate surface area is 157 Å². The van der Waals surface area contributed by atoms with Gasteiger partial charge >= 0.3 is 12.3 Å². The molecule has 11 heteroatoms. The van der Waals surface area contributed by atoms with Gasteiger partial charge < -0.3 is 15.8 Å². The van der Waals surface area contributed by atoms with Crippen molar-refractivity contribution in [3.05, 3.63) is 47.0 Å². The van der Waals surface area contributed by atoms with Crippen molar-refractivity contribution in [3.63, 3.8) is 0 Å². The molecule has 1 aromatic carbocycles. The summed E-state index contributed by atoms with van der Waals surface area (Å²) in [5.74, 6) is -0.873. The number of carbonyl (C=O) groups is 1. The third kappa shape index (κ3) is 4.79. The number of carbonyl (C=O) groups excluding carboxylic acids is 1. The number of rotatable bonds is 5. The van der Waals surface area contributed by atoms with Crippen LogP contribution in [0.2, 0.25) is 0 Å². The maximum atomic E-state index is 14.4. The molecule has 1 heterocycles. The average Bonchev–Trinajstić information content (AvgIpc) is 2.64. The van der Waals surface area contributed by atoms with Crippen molar-refractivity contribution in [1.82, 2.24) is 4.98 Å². The molecule has 0 saturated heterocycles. The molecule has 4 N–H and O–H groups in total. The zero-order chi connectivity index (χ0) is 20.9. The van der Waals surface area contributed by atoms with Crippen LogP contribution in [-0.2, 0) is 17.5 Å². The first-order valence-corrected chi connectivity index (χ1v) is 7.90. The van der Waals surface area contributed by atoms with Crippen molar-refractivity contribution in [2.75, 3.05) is 23.0 Å². The molecule has 7 nitrogen and oxygen atoms in total. The van der Waals surface area contributed by atoms with E-state index in [1.54, 1.807) is 6.92 Å². The van der Waals surface area contributed by atoms with Gasteiger partial charge in [0.15, 0.2) is 11.5 Å². The molecule has 0 saturated carbocycles. The Morgan fingerprint density at radius 3 is 2.57 bits per heavy atom. The number of alkyl halides is 3. The van der Waals surface area contributed by atoms with Crippen molar-refractivity contribution in [2.45, 2.75) is 19.6 Å². The molecule has 0 aliphatic carbocycles. The zero-order valence-corrected chi connectivity index (χ0v) is 14.5. The summed E-state index contributed by atoms with van der Waals surface area (Å²) in [5, 5.41) is 13.8. The van der Waals surface area contributed by atoms with Crippen LogP contribution in [0.5, 0.6) is 0 Å². The fourth-order valence-corrected chi connectivity index (χ4v) is 2.21. The third-order valence-corrected chi connectivity index (χ3v) is 3.52. The number of hydrogen-bond acceptors (Lipinski definition) is 6. The van der Waals surface area contributed by atoms with Gasteiger partial charge in [0.25, 0.3) is 0 Å². The molecule has 2 rings (SSSR count). The highest BCUT2D eigenvalue weighted by molar-refractivity contribution is 5.90. The van der Waals surface area contributed by atoms with Crippen molar-refractivity contribution < 1.29 is 27.1 Å². The number of benzene rings is 1. The molecule has 0 bridgehead atoms. The molecule has 0 radical (unpaired) electrons. The van der Waals surface area contributed by atoms with Crippen LogP contribution in [0.25, 0.3) is 0 Å². The second-order valence-corrected chi connectivity index (χ2v) is 5.40. The van der Waals surface area contributed by atoms with Crippen LogP contribution in [0.4, 0.5) is 39.4 Å². The SMILES string of the molecule is CCOC(=O)Nc1ccc(NCc2ccc(C(F)(F)F)c(C#N)n2)c(F)c1N. The normalized spacial score (nSPS) is 10.9. The topological polar surface area (TPSA) is 113 Å². The molecule has 0 aliphatic rings. The highest BCUT2D eigenvalue weighted by Gasteiger charge is 2.34. The number of halogens is 4. The summed E-state index contributed by atoms with van der Waals surface area (Å²) in [6.07, 6.45) is -5.50. The smallest absolute Gasteiger partial charge is 0.419 e. The number of anilines is 3. The summed E-state index contributed by atoms with van der Waals surface area (Å²) >= 11 is 0. The summed E-state index contributed by atoms with van der Waals surface area (Å²) in [5.41, 5.74) is 3.40. The lowest BCUT2D eigenvalue weighted by Crippen LogP contribution is -2.15. The van der Waals surface area contributed by atoms with Crippen molar-refractivity contribution in [2.24, 2.45) is 0 Å². The Morgan fingerprint density at radius 1 is 1.29 bits per heavy atom. The zero-order valence-electron chi connectivity index (χ0n) is 14.5. The fourth-order valence-electron chi connectivity index (χ4n) is 2.21. The molecule has 2 aromatic rings. The lowest BCUT2D eigenvalue weighted by Gasteiger charge is -2.13. The molecule has 1 amide bonds. The van der Waals surface area contributed by atoms with Gasteiger partial charge in [-0.25, -0.2) is 14.2 Å². The summed E-state index contributed by atoms with van der Waals surface area (Å²) in [4.78, 5) is 15.0. The van der Waals surface area contributed by atoms with E-state index in [4.69, 9.17) is 11.0 Å². The van der Waals surface area contributed by atoms with Gasteiger partial charge in [-0.2, -0.15) is 18.4 Å². The molecular formula is C17H15F4N5O2. The van der Waals surface area contributed by atoms with Gasteiger partial charge in [-0.1, -0.05) is 0 Å². The number of ether oxygens (including phenoxy) is 1. The molecule has 0 spiro atoms. The Hall–Kier alpha value is -3.55. The highest BCUT2D eigenvalue weighted by Crippen LogP contribution is 2.31. The predicted molar refractivity (Wildman–Crippen MR) is 92.7 cm³/mol. The standard InChI is InChI=1S/C17H15F4N5O2/c1-2-28-16(27)26-12-6-5-11(14(18)15(12)23)24-8-9-3-4-10(17(19,20)21)13(7-22)25-9/h3-6,24H,2,8,23H2,1H3,(H,26,27). The van der Waals surface area contributed by atoms with Gasteiger partial charge in [0.05, 0.1) is 41.5 Å². The molecule has 1 aromatic heterocycles. The van der Waals surface area contributed by atoms with Crippen LogP contribution >= 0.6 is 0 Å². The Kier molecular flexibility index (Phi) is 6.25. The Bertz CT molecular complexity index is 925. The minimum atomic E-state index is -4.70. The maximum Gasteiger partial charge on any atom is 0.419 e. The molecule has 0 aliphatic heterocycles. The van der Waals surface area contributed by atoms with E-state index < -0.39 is 29.3 Å². The van der Waals surface area contributed by atoms with Crippen LogP contribution in [0.3, 0.4) is 0 Å². The van der Waals surface area contributed by atoms with Crippen molar-refractivity contribution in [3.8, 4) is 6.07 Å². The van der Waals surface area contributed by atoms with Crippen molar-refractivity contribution in [1.29, 1.82) is 5.26 Å². The Morgan fingerprint density at radius 2 is 1.96 bits per heavy atom. The first kappa shape index (κ1) is 20.8. The fraction of sp³-hybridized carbons (Fsp3) is 0.235.